The Morgan fingerprint density at radius 1 is 0.919 bits per heavy atom. The summed E-state index contributed by atoms with van der Waals surface area (Å²) in [5, 5.41) is 10.6. The Kier molecular flexibility index (Phi) is 8.41. The van der Waals surface area contributed by atoms with Gasteiger partial charge in [-0.3, -0.25) is 4.57 Å². The fourth-order valence-corrected chi connectivity index (χ4v) is 5.45. The number of hydrogen-bond donors (Lipinski definition) is 2. The minimum absolute atomic E-state index is 0. The quantitative estimate of drug-likeness (QED) is 0.285. The van der Waals surface area contributed by atoms with Crippen molar-refractivity contribution in [2.75, 3.05) is 0 Å². The summed E-state index contributed by atoms with van der Waals surface area (Å²) in [5.41, 5.74) is 3.65. The van der Waals surface area contributed by atoms with Crippen LogP contribution < -0.4 is 39.0 Å². The Morgan fingerprint density at radius 3 is 2.03 bits per heavy atom. The maximum absolute atomic E-state index is 13.2. The monoisotopic (exact) mass is 532 g/mol. The van der Waals surface area contributed by atoms with Gasteiger partial charge in [-0.1, -0.05) is 45.9 Å². The van der Waals surface area contributed by atoms with E-state index in [-0.39, 0.29) is 52.9 Å². The Bertz CT molecular complexity index is 1410. The molecule has 0 fully saturated rings. The number of cyclic esters (lactones) is 1. The second-order valence-corrected chi connectivity index (χ2v) is 11.0. The van der Waals surface area contributed by atoms with Crippen molar-refractivity contribution in [1.29, 1.82) is 0 Å². The fourth-order valence-electron chi connectivity index (χ4n) is 5.05. The molecule has 3 aromatic carbocycles. The molecular formula is C28H30NaO7P. The molecule has 0 saturated heterocycles. The summed E-state index contributed by atoms with van der Waals surface area (Å²) >= 11 is 0. The predicted octanol–water partition coefficient (Wildman–Crippen LogP) is 2.56. The normalized spacial score (nSPS) is 18.3. The number of phosphoric acid groups is 1. The van der Waals surface area contributed by atoms with Gasteiger partial charge in [-0.25, -0.2) is 4.79 Å². The third-order valence-corrected chi connectivity index (χ3v) is 7.15. The first kappa shape index (κ1) is 29.4. The molecule has 3 aromatic rings. The van der Waals surface area contributed by atoms with Crippen LogP contribution in [0.3, 0.4) is 0 Å². The number of carbonyl (C=O) groups excluding carboxylic acids is 1. The number of phosphoric ester groups is 1. The smallest absolute Gasteiger partial charge is 0.746 e. The van der Waals surface area contributed by atoms with Crippen LogP contribution in [0.15, 0.2) is 48.5 Å². The summed E-state index contributed by atoms with van der Waals surface area (Å²) in [4.78, 5) is 34.1. The maximum Gasteiger partial charge on any atom is 1.00 e. The van der Waals surface area contributed by atoms with Crippen molar-refractivity contribution in [3.63, 3.8) is 0 Å². The van der Waals surface area contributed by atoms with Gasteiger partial charge < -0.3 is 24.2 Å². The standard InChI is InChI=1S/C28H31O7P.Na/c1-15(2)20-13-23(17(5)11-25(20)29)28(22-10-8-7-9-19(22)27(30)34-28)24-14-21(16(3)4)26(12-18(24)6)35-36(31,32)33;/h7-16,29H,1-6H3,(H2,31,32,33);/q;+1/p-1/t28-;/m0./s1. The van der Waals surface area contributed by atoms with Gasteiger partial charge in [0.25, 0.3) is 0 Å². The molecule has 7 nitrogen and oxygen atoms in total. The number of fused-ring (bicyclic) bond motifs is 1. The molecule has 0 aromatic heterocycles. The average Bonchev–Trinajstić information content (AvgIpc) is 3.05. The van der Waals surface area contributed by atoms with Crippen molar-refractivity contribution in [3.05, 3.63) is 93.0 Å². The van der Waals surface area contributed by atoms with Crippen LogP contribution in [-0.4, -0.2) is 16.0 Å². The SMILES string of the molecule is Cc1cc(O)c(C(C)C)cc1[C@@]1(c2cc(C(C)C)c(OP(=O)([O-])O)cc2C)OC(=O)c2ccccc21.[Na+]. The van der Waals surface area contributed by atoms with E-state index in [0.717, 1.165) is 5.56 Å². The topological polar surface area (TPSA) is 116 Å². The minimum atomic E-state index is -5.05. The van der Waals surface area contributed by atoms with E-state index in [1.807, 2.05) is 52.8 Å². The average molecular weight is 533 g/mol. The zero-order valence-corrected chi connectivity index (χ0v) is 25.1. The summed E-state index contributed by atoms with van der Waals surface area (Å²) in [5.74, 6) is -0.467. The van der Waals surface area contributed by atoms with Crippen LogP contribution in [0.25, 0.3) is 0 Å². The second-order valence-electron chi connectivity index (χ2n) is 9.92. The van der Waals surface area contributed by atoms with Crippen LogP contribution in [0.1, 0.15) is 88.8 Å². The molecule has 0 saturated carbocycles. The van der Waals surface area contributed by atoms with Crippen LogP contribution >= 0.6 is 7.82 Å². The first-order valence-electron chi connectivity index (χ1n) is 11.8. The zero-order valence-electron chi connectivity index (χ0n) is 22.2. The van der Waals surface area contributed by atoms with Crippen LogP contribution in [0.5, 0.6) is 11.5 Å². The summed E-state index contributed by atoms with van der Waals surface area (Å²) < 4.78 is 22.8. The van der Waals surface area contributed by atoms with Gasteiger partial charge in [-0.05, 0) is 78.3 Å². The van der Waals surface area contributed by atoms with Gasteiger partial charge in [0, 0.05) is 16.7 Å². The van der Waals surface area contributed by atoms with Crippen molar-refractivity contribution in [1.82, 2.24) is 0 Å². The second kappa shape index (κ2) is 10.6. The van der Waals surface area contributed by atoms with Gasteiger partial charge in [0.1, 0.15) is 11.5 Å². The Morgan fingerprint density at radius 2 is 1.46 bits per heavy atom. The molecule has 0 spiro atoms. The van der Waals surface area contributed by atoms with E-state index in [2.05, 4.69) is 0 Å². The third-order valence-electron chi connectivity index (χ3n) is 6.72. The van der Waals surface area contributed by atoms with Crippen LogP contribution in [0.2, 0.25) is 0 Å². The van der Waals surface area contributed by atoms with Crippen LogP contribution in [0.4, 0.5) is 0 Å². The van der Waals surface area contributed by atoms with Crippen LogP contribution in [0, 0.1) is 13.8 Å². The first-order valence-corrected chi connectivity index (χ1v) is 13.3. The number of benzene rings is 3. The van der Waals surface area contributed by atoms with Crippen molar-refractivity contribution in [2.24, 2.45) is 0 Å². The molecule has 9 heteroatoms. The summed E-state index contributed by atoms with van der Waals surface area (Å²) in [6, 6.07) is 14.1. The molecule has 190 valence electrons. The third kappa shape index (κ3) is 5.26. The number of hydrogen-bond acceptors (Lipinski definition) is 6. The Hall–Kier alpha value is -2.12. The van der Waals surface area contributed by atoms with Gasteiger partial charge in [-0.15, -0.1) is 0 Å². The molecule has 4 rings (SSSR count). The van der Waals surface area contributed by atoms with E-state index in [1.54, 1.807) is 37.3 Å². The number of phenolic OH excluding ortho intramolecular Hbond substituents is 1. The Balaban J connectivity index is 0.00000380. The molecule has 37 heavy (non-hydrogen) atoms. The molecule has 2 atom stereocenters. The molecule has 1 aliphatic heterocycles. The van der Waals surface area contributed by atoms with Crippen LogP contribution in [-0.2, 0) is 14.9 Å². The van der Waals surface area contributed by atoms with Gasteiger partial charge in [0.05, 0.1) is 5.56 Å². The molecular weight excluding hydrogens is 502 g/mol. The molecule has 1 heterocycles. The number of aryl methyl sites for hydroxylation is 2. The first-order chi connectivity index (χ1) is 16.8. The summed E-state index contributed by atoms with van der Waals surface area (Å²) in [6.45, 7) is 11.3. The largest absolute Gasteiger partial charge is 1.00 e. The predicted molar refractivity (Wildman–Crippen MR) is 134 cm³/mol. The van der Waals surface area contributed by atoms with Crippen molar-refractivity contribution in [3.8, 4) is 11.5 Å². The minimum Gasteiger partial charge on any atom is -0.746 e. The van der Waals surface area contributed by atoms with Crippen molar-refractivity contribution >= 4 is 13.8 Å². The van der Waals surface area contributed by atoms with Crippen molar-refractivity contribution < 1.29 is 63.1 Å². The van der Waals surface area contributed by atoms with E-state index in [9.17, 15) is 24.3 Å². The molecule has 0 radical (unpaired) electrons. The van der Waals surface area contributed by atoms with E-state index in [0.29, 0.717) is 38.9 Å². The molecule has 2 N–H and O–H groups in total. The maximum atomic E-state index is 13.2. The van der Waals surface area contributed by atoms with E-state index >= 15 is 0 Å². The van der Waals surface area contributed by atoms with Gasteiger partial charge >= 0.3 is 43.3 Å². The Labute approximate surface area is 239 Å². The molecule has 1 aliphatic rings. The molecule has 0 aliphatic carbocycles. The van der Waals surface area contributed by atoms with Gasteiger partial charge in [0.15, 0.2) is 5.60 Å². The van der Waals surface area contributed by atoms with E-state index < -0.39 is 19.4 Å². The van der Waals surface area contributed by atoms with Crippen molar-refractivity contribution in [2.45, 2.75) is 59.0 Å². The number of esters is 1. The number of phenols is 1. The number of carbonyl (C=O) groups is 1. The van der Waals surface area contributed by atoms with Gasteiger partial charge in [-0.2, -0.15) is 0 Å². The fraction of sp³-hybridized carbons (Fsp3) is 0.321. The summed E-state index contributed by atoms with van der Waals surface area (Å²) in [6.07, 6.45) is 0. The summed E-state index contributed by atoms with van der Waals surface area (Å²) in [7, 11) is -5.05. The van der Waals surface area contributed by atoms with Gasteiger partial charge in [0.2, 0.25) is 0 Å². The number of ether oxygens (including phenoxy) is 1. The zero-order chi connectivity index (χ0) is 26.6. The number of rotatable bonds is 6. The molecule has 0 amide bonds. The molecule has 0 bridgehead atoms. The van der Waals surface area contributed by atoms with E-state index in [4.69, 9.17) is 9.26 Å². The number of aromatic hydroxyl groups is 1. The van der Waals surface area contributed by atoms with E-state index in [1.165, 1.54) is 0 Å². The molecule has 1 unspecified atom stereocenters.